The van der Waals surface area contributed by atoms with E-state index in [9.17, 15) is 8.78 Å². The first kappa shape index (κ1) is 22.6. The van der Waals surface area contributed by atoms with Gasteiger partial charge in [-0.1, -0.05) is 11.6 Å². The van der Waals surface area contributed by atoms with E-state index in [1.165, 1.54) is 12.1 Å². The molecule has 0 N–H and O–H groups in total. The Balaban J connectivity index is 1.70. The van der Waals surface area contributed by atoms with E-state index < -0.39 is 5.82 Å². The van der Waals surface area contributed by atoms with Crippen LogP contribution < -0.4 is 4.90 Å². The second-order valence-electron chi connectivity index (χ2n) is 8.73. The van der Waals surface area contributed by atoms with E-state index in [1.807, 2.05) is 19.9 Å². The van der Waals surface area contributed by atoms with Crippen LogP contribution in [0.3, 0.4) is 0 Å². The number of aromatic nitrogens is 3. The number of aryl methyl sites for hydroxylation is 2. The zero-order valence-electron chi connectivity index (χ0n) is 19.2. The summed E-state index contributed by atoms with van der Waals surface area (Å²) in [4.78, 5) is 18.4. The maximum absolute atomic E-state index is 15.0. The first-order valence-corrected chi connectivity index (χ1v) is 11.5. The molecule has 0 bridgehead atoms. The summed E-state index contributed by atoms with van der Waals surface area (Å²) in [7, 11) is 2.08. The summed E-state index contributed by atoms with van der Waals surface area (Å²) in [6.07, 6.45) is 0. The second-order valence-corrected chi connectivity index (χ2v) is 9.17. The predicted octanol–water partition coefficient (Wildman–Crippen LogP) is 5.66. The fourth-order valence-corrected chi connectivity index (χ4v) is 4.39. The molecule has 0 radical (unpaired) electrons. The summed E-state index contributed by atoms with van der Waals surface area (Å²) in [5.74, 6) is -0.818. The number of rotatable bonds is 3. The molecular formula is C26H24ClF2N5. The zero-order valence-corrected chi connectivity index (χ0v) is 20.0. The summed E-state index contributed by atoms with van der Waals surface area (Å²) in [5.41, 5.74) is 5.13. The van der Waals surface area contributed by atoms with Crippen LogP contribution in [0.4, 0.5) is 14.5 Å². The van der Waals surface area contributed by atoms with Crippen molar-refractivity contribution >= 4 is 28.5 Å². The lowest BCUT2D eigenvalue weighted by Crippen LogP contribution is -2.44. The quantitative estimate of drug-likeness (QED) is 0.379. The van der Waals surface area contributed by atoms with E-state index in [2.05, 4.69) is 26.8 Å². The molecule has 1 saturated heterocycles. The molecule has 2 aromatic heterocycles. The first-order chi connectivity index (χ1) is 16.3. The molecule has 34 heavy (non-hydrogen) atoms. The third kappa shape index (κ3) is 4.33. The third-order valence-corrected chi connectivity index (χ3v) is 6.55. The van der Waals surface area contributed by atoms with Gasteiger partial charge in [0.1, 0.15) is 17.2 Å². The minimum atomic E-state index is -0.469. The van der Waals surface area contributed by atoms with Crippen LogP contribution >= 0.6 is 11.6 Å². The van der Waals surface area contributed by atoms with Crippen LogP contribution in [0.2, 0.25) is 5.02 Å². The molecule has 1 aliphatic rings. The van der Waals surface area contributed by atoms with Crippen LogP contribution in [0.15, 0.2) is 42.5 Å². The maximum Gasteiger partial charge on any atom is 0.179 e. The first-order valence-electron chi connectivity index (χ1n) is 11.1. The van der Waals surface area contributed by atoms with Crippen molar-refractivity contribution in [1.29, 1.82) is 0 Å². The van der Waals surface area contributed by atoms with Gasteiger partial charge in [-0.15, -0.1) is 0 Å². The summed E-state index contributed by atoms with van der Waals surface area (Å²) < 4.78 is 29.7. The number of pyridine rings is 1. The van der Waals surface area contributed by atoms with Crippen molar-refractivity contribution in [2.75, 3.05) is 38.1 Å². The van der Waals surface area contributed by atoms with Gasteiger partial charge in [-0.3, -0.25) is 0 Å². The minimum Gasteiger partial charge on any atom is -0.369 e. The van der Waals surface area contributed by atoms with Crippen LogP contribution in [-0.2, 0) is 0 Å². The number of hydrogen-bond acceptors (Lipinski definition) is 5. The van der Waals surface area contributed by atoms with Crippen molar-refractivity contribution in [3.8, 4) is 22.4 Å². The Morgan fingerprint density at radius 2 is 1.56 bits per heavy atom. The molecular weight excluding hydrogens is 456 g/mol. The molecule has 1 fully saturated rings. The Morgan fingerprint density at radius 1 is 0.824 bits per heavy atom. The lowest BCUT2D eigenvalue weighted by Gasteiger charge is -2.34. The normalized spacial score (nSPS) is 14.7. The number of likely N-dealkylation sites (N-methyl/N-ethyl adjacent to an activating group) is 1. The van der Waals surface area contributed by atoms with Gasteiger partial charge in [0.25, 0.3) is 0 Å². The number of fused-ring (bicyclic) bond motifs is 1. The minimum absolute atomic E-state index is 0.305. The lowest BCUT2D eigenvalue weighted by molar-refractivity contribution is 0.313. The van der Waals surface area contributed by atoms with Crippen molar-refractivity contribution in [3.63, 3.8) is 0 Å². The van der Waals surface area contributed by atoms with Crippen LogP contribution in [0.5, 0.6) is 0 Å². The molecule has 0 unspecified atom stereocenters. The molecule has 5 nitrogen and oxygen atoms in total. The lowest BCUT2D eigenvalue weighted by atomic mass is 10.0. The Bertz CT molecular complexity index is 1400. The summed E-state index contributed by atoms with van der Waals surface area (Å²) in [6, 6.07) is 11.2. The fraction of sp³-hybridized carbons (Fsp3) is 0.269. The standard InChI is InChI=1S/C26H24ClF2N5/c1-15-16(2)31-26-25(30-15)22(21-5-4-18(27)12-23(21)29)14-24(32-26)17-10-19(28)13-20(11-17)34-8-6-33(3)7-9-34/h4-5,10-14H,6-9H2,1-3H3. The van der Waals surface area contributed by atoms with E-state index in [0.29, 0.717) is 38.6 Å². The highest BCUT2D eigenvalue weighted by Gasteiger charge is 2.19. The van der Waals surface area contributed by atoms with Crippen molar-refractivity contribution in [2.24, 2.45) is 0 Å². The highest BCUT2D eigenvalue weighted by molar-refractivity contribution is 6.30. The van der Waals surface area contributed by atoms with Crippen LogP contribution in [0.25, 0.3) is 33.5 Å². The van der Waals surface area contributed by atoms with Crippen molar-refractivity contribution in [2.45, 2.75) is 13.8 Å². The highest BCUT2D eigenvalue weighted by Crippen LogP contribution is 2.35. The Kier molecular flexibility index (Phi) is 5.91. The largest absolute Gasteiger partial charge is 0.369 e. The zero-order chi connectivity index (χ0) is 24.0. The number of nitrogens with zero attached hydrogens (tertiary/aromatic N) is 5. The van der Waals surface area contributed by atoms with Crippen molar-refractivity contribution < 1.29 is 8.78 Å². The molecule has 0 atom stereocenters. The molecule has 0 aliphatic carbocycles. The van der Waals surface area contributed by atoms with E-state index in [-0.39, 0.29) is 5.82 Å². The second kappa shape index (κ2) is 8.89. The van der Waals surface area contributed by atoms with E-state index in [0.717, 1.165) is 43.3 Å². The number of hydrogen-bond donors (Lipinski definition) is 0. The average Bonchev–Trinajstić information content (AvgIpc) is 2.79. The molecule has 0 saturated carbocycles. The number of piperazine rings is 1. The molecule has 5 rings (SSSR count). The SMILES string of the molecule is Cc1nc2nc(-c3cc(F)cc(N4CCN(C)CC4)c3)cc(-c3ccc(Cl)cc3F)c2nc1C. The van der Waals surface area contributed by atoms with Gasteiger partial charge in [0.05, 0.1) is 17.1 Å². The van der Waals surface area contributed by atoms with Crippen LogP contribution in [0, 0.1) is 25.5 Å². The predicted molar refractivity (Wildman–Crippen MR) is 132 cm³/mol. The highest BCUT2D eigenvalue weighted by atomic mass is 35.5. The maximum atomic E-state index is 15.0. The summed E-state index contributed by atoms with van der Waals surface area (Å²) in [6.45, 7) is 7.16. The van der Waals surface area contributed by atoms with Gasteiger partial charge in [-0.25, -0.2) is 23.7 Å². The molecule has 3 heterocycles. The topological polar surface area (TPSA) is 45.2 Å². The van der Waals surface area contributed by atoms with Crippen LogP contribution in [0.1, 0.15) is 11.4 Å². The van der Waals surface area contributed by atoms with E-state index in [4.69, 9.17) is 16.6 Å². The van der Waals surface area contributed by atoms with Gasteiger partial charge in [-0.2, -0.15) is 0 Å². The Labute approximate surface area is 202 Å². The Morgan fingerprint density at radius 3 is 2.29 bits per heavy atom. The fourth-order valence-electron chi connectivity index (χ4n) is 4.23. The number of benzene rings is 2. The van der Waals surface area contributed by atoms with Gasteiger partial charge >= 0.3 is 0 Å². The summed E-state index contributed by atoms with van der Waals surface area (Å²) >= 11 is 5.98. The van der Waals surface area contributed by atoms with Crippen molar-refractivity contribution in [1.82, 2.24) is 19.9 Å². The monoisotopic (exact) mass is 479 g/mol. The number of halogens is 3. The van der Waals surface area contributed by atoms with E-state index >= 15 is 0 Å². The average molecular weight is 480 g/mol. The third-order valence-electron chi connectivity index (χ3n) is 6.32. The summed E-state index contributed by atoms with van der Waals surface area (Å²) in [5, 5.41) is 0.305. The molecule has 2 aromatic carbocycles. The molecule has 1 aliphatic heterocycles. The van der Waals surface area contributed by atoms with Gasteiger partial charge in [0.2, 0.25) is 0 Å². The van der Waals surface area contributed by atoms with Crippen LogP contribution in [-0.4, -0.2) is 53.1 Å². The number of anilines is 1. The molecule has 0 amide bonds. The molecule has 174 valence electrons. The molecule has 0 spiro atoms. The molecule has 8 heteroatoms. The van der Waals surface area contributed by atoms with Gasteiger partial charge in [0.15, 0.2) is 5.65 Å². The smallest absolute Gasteiger partial charge is 0.179 e. The van der Waals surface area contributed by atoms with Crippen molar-refractivity contribution in [3.05, 3.63) is 70.5 Å². The molecule has 4 aromatic rings. The van der Waals surface area contributed by atoms with E-state index in [1.54, 1.807) is 24.3 Å². The Hall–Kier alpha value is -3.16. The van der Waals surface area contributed by atoms with Gasteiger partial charge in [0, 0.05) is 53.6 Å². The van der Waals surface area contributed by atoms with Gasteiger partial charge in [-0.05, 0) is 63.4 Å². The van der Waals surface area contributed by atoms with Gasteiger partial charge < -0.3 is 9.80 Å².